The fourth-order valence-corrected chi connectivity index (χ4v) is 9.18. The first kappa shape index (κ1) is 46.4. The number of ether oxygens (including phenoxy) is 1. The molecule has 5 heterocycles. The molecule has 0 radical (unpaired) electrons. The van der Waals surface area contributed by atoms with Gasteiger partial charge in [-0.3, -0.25) is 9.59 Å². The molecule has 15 nitrogen and oxygen atoms in total. The number of hydrogen-bond donors (Lipinski definition) is 6. The van der Waals surface area contributed by atoms with Gasteiger partial charge in [0.2, 0.25) is 6.41 Å². The number of allylic oxidation sites excluding steroid dienone is 1. The largest absolute Gasteiger partial charge is 0.507 e. The standard InChI is InChI=1S/C44H59N9O3.C4H7NO2/c1-27-19-37(28(2)18-35(27)41-26-52(24-30(4)56-41)39(42(46)47)21-38(45)34-8-6-7-9-40(34)54)44(55)51-16-10-31(11-17-51)25-50-14-12-33(13-15-50)53-23-29(3)36-20-32(48-5)22-49-43(36)53;6-3-1-2-5-4-7/h6-9,18-23,30-31,33,41,48,54H,10-17,24-26,45-47H2,1-5H3;3-4H,1-2H2,(H,5,7)/b38-21-;. The first-order valence-corrected chi connectivity index (χ1v) is 22.1. The van der Waals surface area contributed by atoms with E-state index in [4.69, 9.17) is 26.9 Å². The first-order valence-electron chi connectivity index (χ1n) is 22.1. The molecule has 63 heavy (non-hydrogen) atoms. The summed E-state index contributed by atoms with van der Waals surface area (Å²) >= 11 is 0. The van der Waals surface area contributed by atoms with E-state index in [1.807, 2.05) is 51.0 Å². The van der Waals surface area contributed by atoms with Crippen molar-refractivity contribution in [1.82, 2.24) is 29.6 Å². The Labute approximate surface area is 371 Å². The van der Waals surface area contributed by atoms with E-state index in [0.29, 0.717) is 61.4 Å². The molecule has 3 aliphatic heterocycles. The van der Waals surface area contributed by atoms with Gasteiger partial charge >= 0.3 is 0 Å². The van der Waals surface area contributed by atoms with Crippen molar-refractivity contribution in [3.8, 4) is 5.75 Å². The molecule has 4 aromatic rings. The zero-order valence-electron chi connectivity index (χ0n) is 37.5. The van der Waals surface area contributed by atoms with Crippen LogP contribution in [0.2, 0.25) is 0 Å². The zero-order chi connectivity index (χ0) is 45.2. The summed E-state index contributed by atoms with van der Waals surface area (Å²) in [6.45, 7) is 14.6. The van der Waals surface area contributed by atoms with E-state index in [9.17, 15) is 19.5 Å². The number of carbonyl (C=O) groups is 3. The average molecular weight is 863 g/mol. The van der Waals surface area contributed by atoms with Gasteiger partial charge in [0, 0.05) is 100 Å². The van der Waals surface area contributed by atoms with Gasteiger partial charge in [0.25, 0.3) is 5.91 Å². The number of morpholine rings is 1. The first-order chi connectivity index (χ1) is 30.3. The van der Waals surface area contributed by atoms with Gasteiger partial charge in [0.1, 0.15) is 29.6 Å². The van der Waals surface area contributed by atoms with E-state index in [0.717, 1.165) is 98.3 Å². The van der Waals surface area contributed by atoms with Crippen LogP contribution >= 0.6 is 0 Å². The van der Waals surface area contributed by atoms with Gasteiger partial charge in [-0.05, 0) is 112 Å². The van der Waals surface area contributed by atoms with Crippen LogP contribution in [0.1, 0.15) is 89.3 Å². The molecule has 3 fully saturated rings. The summed E-state index contributed by atoms with van der Waals surface area (Å²) in [6.07, 6.45) is 11.6. The van der Waals surface area contributed by atoms with Crippen LogP contribution < -0.4 is 27.8 Å². The lowest BCUT2D eigenvalue weighted by molar-refractivity contribution is -0.110. The minimum atomic E-state index is -0.272. The number of nitrogens with zero attached hydrogens (tertiary/aromatic N) is 5. The number of phenols is 1. The van der Waals surface area contributed by atoms with E-state index in [2.05, 4.69) is 50.3 Å². The number of piperidine rings is 2. The molecule has 2 amide bonds. The van der Waals surface area contributed by atoms with Crippen LogP contribution in [0.15, 0.2) is 72.5 Å². The highest BCUT2D eigenvalue weighted by Crippen LogP contribution is 2.34. The summed E-state index contributed by atoms with van der Waals surface area (Å²) in [5, 5.41) is 17.1. The van der Waals surface area contributed by atoms with Gasteiger partial charge in [0.15, 0.2) is 0 Å². The number of para-hydroxylation sites is 1. The number of rotatable bonds is 13. The number of benzene rings is 2. The number of fused-ring (bicyclic) bond motifs is 1. The Kier molecular flexibility index (Phi) is 15.7. The fraction of sp³-hybridized carbons (Fsp3) is 0.458. The molecule has 0 bridgehead atoms. The number of nitrogens with one attached hydrogen (secondary N) is 2. The van der Waals surface area contributed by atoms with Crippen LogP contribution in [0.5, 0.6) is 5.75 Å². The predicted molar refractivity (Wildman–Crippen MR) is 249 cm³/mol. The van der Waals surface area contributed by atoms with Crippen molar-refractivity contribution < 1.29 is 24.2 Å². The summed E-state index contributed by atoms with van der Waals surface area (Å²) < 4.78 is 8.88. The molecule has 2 unspecified atom stereocenters. The predicted octanol–water partition coefficient (Wildman–Crippen LogP) is 5.07. The van der Waals surface area contributed by atoms with Gasteiger partial charge < -0.3 is 61.7 Å². The van der Waals surface area contributed by atoms with E-state index in [-0.39, 0.29) is 29.7 Å². The number of aldehydes is 1. The number of nitrogens with two attached hydrogens (primary N) is 3. The summed E-state index contributed by atoms with van der Waals surface area (Å²) in [6, 6.07) is 13.7. The maximum Gasteiger partial charge on any atom is 0.254 e. The van der Waals surface area contributed by atoms with Crippen LogP contribution in [0.4, 0.5) is 5.69 Å². The fourth-order valence-electron chi connectivity index (χ4n) is 9.18. The molecule has 338 valence electrons. The van der Waals surface area contributed by atoms with Crippen LogP contribution in [0, 0.1) is 26.7 Å². The van der Waals surface area contributed by atoms with Crippen LogP contribution in [0.3, 0.4) is 0 Å². The number of anilines is 1. The number of aryl methyl sites for hydroxylation is 3. The van der Waals surface area contributed by atoms with Gasteiger partial charge in [-0.2, -0.15) is 0 Å². The normalized spacial score (nSPS) is 19.0. The van der Waals surface area contributed by atoms with Crippen LogP contribution in [0.25, 0.3) is 16.7 Å². The molecule has 0 saturated carbocycles. The van der Waals surface area contributed by atoms with E-state index in [1.165, 1.54) is 10.9 Å². The Balaban J connectivity index is 0.000000871. The highest BCUT2D eigenvalue weighted by molar-refractivity contribution is 5.96. The topological polar surface area (TPSA) is 210 Å². The highest BCUT2D eigenvalue weighted by atomic mass is 16.5. The second-order valence-electron chi connectivity index (χ2n) is 17.2. The lowest BCUT2D eigenvalue weighted by atomic mass is 9.92. The molecule has 2 atom stereocenters. The second kappa shape index (κ2) is 21.3. The molecule has 3 aliphatic rings. The number of hydrogen-bond acceptors (Lipinski definition) is 12. The molecule has 0 aliphatic carbocycles. The molecule has 15 heteroatoms. The number of aromatic nitrogens is 2. The Morgan fingerprint density at radius 2 is 1.65 bits per heavy atom. The third-order valence-corrected chi connectivity index (χ3v) is 12.6. The number of carbonyl (C=O) groups excluding carboxylic acids is 3. The number of phenolic OH excluding ortho intramolecular Hbond substituents is 1. The molecular weight excluding hydrogens is 797 g/mol. The molecule has 2 aromatic heterocycles. The smallest absolute Gasteiger partial charge is 0.254 e. The average Bonchev–Trinajstić information content (AvgIpc) is 3.61. The summed E-state index contributed by atoms with van der Waals surface area (Å²) in [7, 11) is 1.93. The Morgan fingerprint density at radius 1 is 0.921 bits per heavy atom. The molecule has 7 rings (SSSR count). The number of aromatic hydroxyl groups is 1. The molecule has 2 aromatic carbocycles. The Bertz CT molecular complexity index is 2280. The van der Waals surface area contributed by atoms with Gasteiger partial charge in [0.05, 0.1) is 23.7 Å². The van der Waals surface area contributed by atoms with Crippen molar-refractivity contribution in [2.24, 2.45) is 23.1 Å². The number of amides is 2. The molecule has 9 N–H and O–H groups in total. The summed E-state index contributed by atoms with van der Waals surface area (Å²) in [5.74, 6) is 0.916. The Hall–Kier alpha value is -6.06. The van der Waals surface area contributed by atoms with Crippen LogP contribution in [-0.2, 0) is 14.3 Å². The lowest BCUT2D eigenvalue weighted by Gasteiger charge is -2.40. The maximum atomic E-state index is 14.0. The minimum Gasteiger partial charge on any atom is -0.507 e. The SMILES string of the molecule is CNc1cnc2c(c1)c(C)cn2C1CCN(CC2CCN(C(=O)c3cc(C)c(C4CN(C(/C=C(\N)c5ccccc5O)=C(N)N)CC(C)O4)cc3C)CC2)CC1.O=CCCNC=O. The minimum absolute atomic E-state index is 0.0839. The molecular formula is C48H66N10O5. The quantitative estimate of drug-likeness (QED) is 0.0592. The van der Waals surface area contributed by atoms with Gasteiger partial charge in [-0.25, -0.2) is 4.98 Å². The lowest BCUT2D eigenvalue weighted by Crippen LogP contribution is -2.44. The van der Waals surface area contributed by atoms with Crippen molar-refractivity contribution >= 4 is 41.0 Å². The van der Waals surface area contributed by atoms with Crippen molar-refractivity contribution in [2.45, 2.75) is 78.0 Å². The van der Waals surface area contributed by atoms with Crippen molar-refractivity contribution in [1.29, 1.82) is 0 Å². The summed E-state index contributed by atoms with van der Waals surface area (Å²) in [5.41, 5.74) is 27.4. The van der Waals surface area contributed by atoms with E-state index >= 15 is 0 Å². The monoisotopic (exact) mass is 863 g/mol. The van der Waals surface area contributed by atoms with Crippen molar-refractivity contribution in [2.75, 3.05) is 64.7 Å². The molecule has 0 spiro atoms. The molecule has 3 saturated heterocycles. The zero-order valence-corrected chi connectivity index (χ0v) is 37.5. The van der Waals surface area contributed by atoms with Crippen molar-refractivity contribution in [3.05, 3.63) is 106 Å². The summed E-state index contributed by atoms with van der Waals surface area (Å²) in [4.78, 5) is 44.5. The number of likely N-dealkylation sites (tertiary alicyclic amines) is 2. The second-order valence-corrected chi connectivity index (χ2v) is 17.2. The van der Waals surface area contributed by atoms with Crippen LogP contribution in [-0.4, -0.2) is 113 Å². The van der Waals surface area contributed by atoms with E-state index < -0.39 is 0 Å². The Morgan fingerprint density at radius 3 is 2.32 bits per heavy atom. The maximum absolute atomic E-state index is 14.0. The van der Waals surface area contributed by atoms with Gasteiger partial charge in [-0.1, -0.05) is 18.2 Å². The highest BCUT2D eigenvalue weighted by Gasteiger charge is 2.32. The number of pyridine rings is 1. The van der Waals surface area contributed by atoms with Gasteiger partial charge in [-0.15, -0.1) is 0 Å². The third kappa shape index (κ3) is 11.3. The third-order valence-electron chi connectivity index (χ3n) is 12.6. The van der Waals surface area contributed by atoms with E-state index in [1.54, 1.807) is 24.3 Å². The van der Waals surface area contributed by atoms with Crippen molar-refractivity contribution in [3.63, 3.8) is 0 Å².